The van der Waals surface area contributed by atoms with E-state index in [0.29, 0.717) is 12.6 Å². The molecule has 82 valence electrons. The van der Waals surface area contributed by atoms with Gasteiger partial charge in [0.25, 0.3) is 0 Å². The molecule has 0 bridgehead atoms. The van der Waals surface area contributed by atoms with E-state index in [9.17, 15) is 0 Å². The minimum Gasteiger partial charge on any atom is -0.351 e. The van der Waals surface area contributed by atoms with Crippen molar-refractivity contribution in [2.24, 2.45) is 5.73 Å². The third-order valence-corrected chi connectivity index (χ3v) is 3.00. The van der Waals surface area contributed by atoms with E-state index in [2.05, 4.69) is 15.1 Å². The lowest BCUT2D eigenvalue weighted by Gasteiger charge is -2.29. The van der Waals surface area contributed by atoms with E-state index >= 15 is 0 Å². The van der Waals surface area contributed by atoms with Crippen molar-refractivity contribution in [3.63, 3.8) is 0 Å². The van der Waals surface area contributed by atoms with Crippen molar-refractivity contribution >= 4 is 5.82 Å². The molecule has 0 saturated carbocycles. The quantitative estimate of drug-likeness (QED) is 0.789. The third kappa shape index (κ3) is 2.45. The van der Waals surface area contributed by atoms with Crippen LogP contribution in [0.2, 0.25) is 0 Å². The monoisotopic (exact) mass is 206 g/mol. The highest BCUT2D eigenvalue weighted by Gasteiger charge is 2.20. The highest BCUT2D eigenvalue weighted by Crippen LogP contribution is 2.20. The zero-order valence-electron chi connectivity index (χ0n) is 8.97. The molecule has 0 spiro atoms. The molecule has 1 aliphatic rings. The maximum atomic E-state index is 5.81. The fourth-order valence-corrected chi connectivity index (χ4v) is 2.17. The number of hydrogen-bond donors (Lipinski definition) is 1. The second-order valence-electron chi connectivity index (χ2n) is 4.01. The molecular weight excluding hydrogens is 188 g/mol. The normalized spacial score (nSPS) is 22.5. The van der Waals surface area contributed by atoms with E-state index in [0.717, 1.165) is 12.4 Å². The largest absolute Gasteiger partial charge is 0.351 e. The average molecular weight is 206 g/mol. The summed E-state index contributed by atoms with van der Waals surface area (Å²) in [5.41, 5.74) is 5.81. The Morgan fingerprint density at radius 2 is 2.33 bits per heavy atom. The maximum Gasteiger partial charge on any atom is 0.151 e. The Morgan fingerprint density at radius 1 is 1.40 bits per heavy atom. The van der Waals surface area contributed by atoms with Crippen molar-refractivity contribution in [1.29, 1.82) is 0 Å². The summed E-state index contributed by atoms with van der Waals surface area (Å²) in [6, 6.07) is 4.38. The molecule has 1 saturated heterocycles. The number of hydrogen-bond acceptors (Lipinski definition) is 4. The maximum absolute atomic E-state index is 5.81. The van der Waals surface area contributed by atoms with Gasteiger partial charge in [-0.3, -0.25) is 0 Å². The lowest BCUT2D eigenvalue weighted by molar-refractivity contribution is 0.573. The van der Waals surface area contributed by atoms with Gasteiger partial charge in [0.15, 0.2) is 5.82 Å². The van der Waals surface area contributed by atoms with Crippen LogP contribution in [0.1, 0.15) is 25.7 Å². The zero-order valence-corrected chi connectivity index (χ0v) is 8.97. The van der Waals surface area contributed by atoms with Crippen molar-refractivity contribution in [3.8, 4) is 0 Å². The summed E-state index contributed by atoms with van der Waals surface area (Å²) in [7, 11) is 0. The molecule has 1 atom stereocenters. The van der Waals surface area contributed by atoms with Gasteiger partial charge in [-0.05, 0) is 25.0 Å². The van der Waals surface area contributed by atoms with E-state index in [1.807, 2.05) is 12.1 Å². The lowest BCUT2D eigenvalue weighted by atomic mass is 10.1. The number of rotatable bonds is 2. The van der Waals surface area contributed by atoms with E-state index in [-0.39, 0.29) is 0 Å². The first-order valence-electron chi connectivity index (χ1n) is 5.66. The van der Waals surface area contributed by atoms with Crippen molar-refractivity contribution < 1.29 is 0 Å². The molecule has 2 heterocycles. The highest BCUT2D eigenvalue weighted by molar-refractivity contribution is 5.38. The predicted octanol–water partition coefficient (Wildman–Crippen LogP) is 1.18. The van der Waals surface area contributed by atoms with Crippen molar-refractivity contribution in [3.05, 3.63) is 18.3 Å². The molecule has 15 heavy (non-hydrogen) atoms. The second-order valence-corrected chi connectivity index (χ2v) is 4.01. The first kappa shape index (κ1) is 10.4. The lowest BCUT2D eigenvalue weighted by Crippen LogP contribution is -2.40. The summed E-state index contributed by atoms with van der Waals surface area (Å²) in [5.74, 6) is 0.967. The van der Waals surface area contributed by atoms with Gasteiger partial charge in [0, 0.05) is 25.3 Å². The molecule has 1 aliphatic heterocycles. The second kappa shape index (κ2) is 5.07. The highest BCUT2D eigenvalue weighted by atomic mass is 15.3. The molecule has 1 unspecified atom stereocenters. The van der Waals surface area contributed by atoms with Gasteiger partial charge in [0.2, 0.25) is 0 Å². The smallest absolute Gasteiger partial charge is 0.151 e. The molecule has 2 N–H and O–H groups in total. The van der Waals surface area contributed by atoms with Gasteiger partial charge in [-0.1, -0.05) is 12.8 Å². The first-order valence-corrected chi connectivity index (χ1v) is 5.66. The van der Waals surface area contributed by atoms with E-state index in [1.54, 1.807) is 6.20 Å². The topological polar surface area (TPSA) is 55.0 Å². The average Bonchev–Trinajstić information content (AvgIpc) is 2.55. The minimum atomic E-state index is 0.434. The SMILES string of the molecule is NCC1CCCCCN1c1cccnn1. The molecule has 4 heteroatoms. The Balaban J connectivity index is 2.16. The fraction of sp³-hybridized carbons (Fsp3) is 0.636. The molecule has 0 aliphatic carbocycles. The van der Waals surface area contributed by atoms with Crippen LogP contribution < -0.4 is 10.6 Å². The Kier molecular flexibility index (Phi) is 3.50. The molecule has 4 nitrogen and oxygen atoms in total. The first-order chi connectivity index (χ1) is 7.42. The molecule has 2 rings (SSSR count). The van der Waals surface area contributed by atoms with Gasteiger partial charge < -0.3 is 10.6 Å². The van der Waals surface area contributed by atoms with E-state index in [4.69, 9.17) is 5.73 Å². The summed E-state index contributed by atoms with van der Waals surface area (Å²) in [5, 5.41) is 8.09. The number of nitrogens with zero attached hydrogens (tertiary/aromatic N) is 3. The molecule has 1 aromatic rings. The molecule has 1 fully saturated rings. The van der Waals surface area contributed by atoms with Crippen LogP contribution in [0.15, 0.2) is 18.3 Å². The number of nitrogens with two attached hydrogens (primary N) is 1. The third-order valence-electron chi connectivity index (χ3n) is 3.00. The van der Waals surface area contributed by atoms with Crippen molar-refractivity contribution in [2.75, 3.05) is 18.0 Å². The van der Waals surface area contributed by atoms with Crippen LogP contribution in [0.3, 0.4) is 0 Å². The van der Waals surface area contributed by atoms with Crippen LogP contribution in [0, 0.1) is 0 Å². The Bertz CT molecular complexity index is 288. The summed E-state index contributed by atoms with van der Waals surface area (Å²) < 4.78 is 0. The van der Waals surface area contributed by atoms with Crippen LogP contribution in [0.5, 0.6) is 0 Å². The van der Waals surface area contributed by atoms with Crippen LogP contribution >= 0.6 is 0 Å². The fourth-order valence-electron chi connectivity index (χ4n) is 2.17. The van der Waals surface area contributed by atoms with E-state index in [1.165, 1.54) is 25.7 Å². The summed E-state index contributed by atoms with van der Waals surface area (Å²) in [6.45, 7) is 1.76. The Labute approximate surface area is 90.5 Å². The van der Waals surface area contributed by atoms with Gasteiger partial charge >= 0.3 is 0 Å². The van der Waals surface area contributed by atoms with Crippen LogP contribution in [-0.2, 0) is 0 Å². The predicted molar refractivity (Wildman–Crippen MR) is 60.7 cm³/mol. The van der Waals surface area contributed by atoms with Gasteiger partial charge in [-0.25, -0.2) is 0 Å². The molecule has 0 radical (unpaired) electrons. The van der Waals surface area contributed by atoms with Crippen LogP contribution in [-0.4, -0.2) is 29.3 Å². The van der Waals surface area contributed by atoms with Crippen LogP contribution in [0.4, 0.5) is 5.82 Å². The van der Waals surface area contributed by atoms with Crippen LogP contribution in [0.25, 0.3) is 0 Å². The number of aromatic nitrogens is 2. The molecular formula is C11H18N4. The summed E-state index contributed by atoms with van der Waals surface area (Å²) in [4.78, 5) is 2.31. The Hall–Kier alpha value is -1.16. The van der Waals surface area contributed by atoms with E-state index < -0.39 is 0 Å². The summed E-state index contributed by atoms with van der Waals surface area (Å²) >= 11 is 0. The van der Waals surface area contributed by atoms with Gasteiger partial charge in [0.1, 0.15) is 0 Å². The minimum absolute atomic E-state index is 0.434. The van der Waals surface area contributed by atoms with Crippen molar-refractivity contribution in [1.82, 2.24) is 10.2 Å². The Morgan fingerprint density at radius 3 is 3.07 bits per heavy atom. The van der Waals surface area contributed by atoms with Gasteiger partial charge in [-0.15, -0.1) is 5.10 Å². The number of anilines is 1. The molecule has 0 aromatic carbocycles. The van der Waals surface area contributed by atoms with Gasteiger partial charge in [0.05, 0.1) is 0 Å². The molecule has 1 aromatic heterocycles. The summed E-state index contributed by atoms with van der Waals surface area (Å²) in [6.07, 6.45) is 6.69. The molecule has 0 amide bonds. The van der Waals surface area contributed by atoms with Gasteiger partial charge in [-0.2, -0.15) is 5.10 Å². The zero-order chi connectivity index (χ0) is 10.5. The standard InChI is InChI=1S/C11H18N4/c12-9-10-5-2-1-3-8-15(10)11-6-4-7-13-14-11/h4,6-7,10H,1-3,5,8-9,12H2. The van der Waals surface area contributed by atoms with Crippen molar-refractivity contribution in [2.45, 2.75) is 31.7 Å².